The predicted molar refractivity (Wildman–Crippen MR) is 30.9 cm³/mol. The van der Waals surface area contributed by atoms with Crippen molar-refractivity contribution in [3.63, 3.8) is 0 Å². The van der Waals surface area contributed by atoms with Crippen LogP contribution in [0.1, 0.15) is 0 Å². The van der Waals surface area contributed by atoms with Crippen LogP contribution in [-0.4, -0.2) is 46.7 Å². The summed E-state index contributed by atoms with van der Waals surface area (Å²) in [6, 6.07) is -0.347. The topological polar surface area (TPSA) is 72.7 Å². The maximum atomic E-state index is 8.98. The lowest BCUT2D eigenvalue weighted by atomic mass is 10.2. The Morgan fingerprint density at radius 2 is 2.11 bits per heavy atom. The molecule has 0 radical (unpaired) electrons. The van der Waals surface area contributed by atoms with Crippen molar-refractivity contribution in [2.24, 2.45) is 0 Å². The van der Waals surface area contributed by atoms with Crippen LogP contribution in [0.3, 0.4) is 0 Å². The molecule has 1 heterocycles. The largest absolute Gasteiger partial charge is 0.395 e. The first kappa shape index (κ1) is 6.95. The summed E-state index contributed by atoms with van der Waals surface area (Å²) in [5.74, 6) is 0. The molecule has 54 valence electrons. The van der Waals surface area contributed by atoms with Crippen LogP contribution in [0.2, 0.25) is 0 Å². The summed E-state index contributed by atoms with van der Waals surface area (Å²) in [7, 11) is 0. The van der Waals surface area contributed by atoms with Gasteiger partial charge in [0.1, 0.15) is 0 Å². The van der Waals surface area contributed by atoms with Crippen LogP contribution < -0.4 is 5.32 Å². The van der Waals surface area contributed by atoms with Gasteiger partial charge < -0.3 is 20.6 Å². The van der Waals surface area contributed by atoms with Gasteiger partial charge in [0.15, 0.2) is 0 Å². The number of aliphatic hydroxyl groups is 3. The van der Waals surface area contributed by atoms with Gasteiger partial charge in [-0.1, -0.05) is 0 Å². The van der Waals surface area contributed by atoms with Crippen LogP contribution in [0, 0.1) is 0 Å². The van der Waals surface area contributed by atoms with E-state index >= 15 is 0 Å². The summed E-state index contributed by atoms with van der Waals surface area (Å²) in [6.07, 6.45) is -1.53. The maximum absolute atomic E-state index is 8.98. The maximum Gasteiger partial charge on any atom is 0.0986 e. The van der Waals surface area contributed by atoms with E-state index in [0.717, 1.165) is 0 Å². The first-order chi connectivity index (χ1) is 4.25. The van der Waals surface area contributed by atoms with Crippen molar-refractivity contribution < 1.29 is 15.3 Å². The van der Waals surface area contributed by atoms with Crippen LogP contribution in [-0.2, 0) is 0 Å². The lowest BCUT2D eigenvalue weighted by Crippen LogP contribution is -2.35. The van der Waals surface area contributed by atoms with Crippen molar-refractivity contribution >= 4 is 0 Å². The van der Waals surface area contributed by atoms with Gasteiger partial charge in [0.2, 0.25) is 0 Å². The third-order valence-corrected chi connectivity index (χ3v) is 1.59. The van der Waals surface area contributed by atoms with E-state index in [1.165, 1.54) is 0 Å². The Labute approximate surface area is 53.1 Å². The molecule has 1 aliphatic heterocycles. The second-order valence-electron chi connectivity index (χ2n) is 2.26. The van der Waals surface area contributed by atoms with Crippen molar-refractivity contribution in [1.29, 1.82) is 0 Å². The third kappa shape index (κ3) is 1.21. The summed E-state index contributed by atoms with van der Waals surface area (Å²) >= 11 is 0. The van der Waals surface area contributed by atoms with Crippen molar-refractivity contribution in [2.75, 3.05) is 13.2 Å². The highest BCUT2D eigenvalue weighted by Gasteiger charge is 2.31. The molecular formula is C5H11NO3. The molecule has 0 aromatic rings. The van der Waals surface area contributed by atoms with Crippen molar-refractivity contribution in [1.82, 2.24) is 5.32 Å². The minimum absolute atomic E-state index is 0.127. The summed E-state index contributed by atoms with van der Waals surface area (Å²) in [4.78, 5) is 0. The minimum atomic E-state index is -0.810. The van der Waals surface area contributed by atoms with Gasteiger partial charge in [-0.3, -0.25) is 0 Å². The molecule has 0 aromatic carbocycles. The molecule has 9 heavy (non-hydrogen) atoms. The molecule has 0 amide bonds. The second kappa shape index (κ2) is 2.62. The van der Waals surface area contributed by atoms with E-state index in [4.69, 9.17) is 15.3 Å². The zero-order valence-electron chi connectivity index (χ0n) is 4.99. The SMILES string of the molecule is O[14CH2][C@@H]1NC[C@@H](O)[C@@H]1O. The number of nitrogens with one attached hydrogen (secondary N) is 1. The molecule has 0 aromatic heterocycles. The fourth-order valence-corrected chi connectivity index (χ4v) is 0.954. The molecule has 0 saturated carbocycles. The first-order valence-electron chi connectivity index (χ1n) is 2.96. The molecule has 1 saturated heterocycles. The van der Waals surface area contributed by atoms with E-state index in [1.807, 2.05) is 0 Å². The second-order valence-corrected chi connectivity index (χ2v) is 2.26. The van der Waals surface area contributed by atoms with Gasteiger partial charge in [0.25, 0.3) is 0 Å². The fraction of sp³-hybridized carbons (Fsp3) is 1.00. The van der Waals surface area contributed by atoms with E-state index in [9.17, 15) is 0 Å². The van der Waals surface area contributed by atoms with Crippen LogP contribution >= 0.6 is 0 Å². The molecule has 4 N–H and O–H groups in total. The van der Waals surface area contributed by atoms with Crippen molar-refractivity contribution in [2.45, 2.75) is 18.2 Å². The Hall–Kier alpha value is -0.160. The molecule has 0 aliphatic carbocycles. The highest BCUT2D eigenvalue weighted by Crippen LogP contribution is 2.05. The molecule has 1 aliphatic rings. The molecule has 4 nitrogen and oxygen atoms in total. The predicted octanol–water partition coefficient (Wildman–Crippen LogP) is -2.33. The van der Waals surface area contributed by atoms with Crippen LogP contribution in [0.4, 0.5) is 0 Å². The van der Waals surface area contributed by atoms with Crippen molar-refractivity contribution in [3.8, 4) is 0 Å². The van der Waals surface area contributed by atoms with Gasteiger partial charge in [0.05, 0.1) is 24.9 Å². The molecule has 0 bridgehead atoms. The highest BCUT2D eigenvalue weighted by atomic mass is 16.5. The fourth-order valence-electron chi connectivity index (χ4n) is 0.954. The zero-order valence-corrected chi connectivity index (χ0v) is 4.99. The van der Waals surface area contributed by atoms with Crippen molar-refractivity contribution in [3.05, 3.63) is 0 Å². The average Bonchev–Trinajstić information content (AvgIpc) is 2.15. The Morgan fingerprint density at radius 3 is 2.33 bits per heavy atom. The number of hydrogen-bond acceptors (Lipinski definition) is 4. The minimum Gasteiger partial charge on any atom is -0.395 e. The number of aliphatic hydroxyl groups excluding tert-OH is 3. The number of hydrogen-bond donors (Lipinski definition) is 4. The Kier molecular flexibility index (Phi) is 2.02. The monoisotopic (exact) mass is 135 g/mol. The number of β-amino-alcohol motifs (C(OH)–C–C–N with tert-alkyl or cyclic N) is 1. The first-order valence-corrected chi connectivity index (χ1v) is 2.96. The average molecular weight is 135 g/mol. The number of rotatable bonds is 1. The molecule has 4 heteroatoms. The van der Waals surface area contributed by atoms with E-state index in [0.29, 0.717) is 6.54 Å². The normalized spacial score (nSPS) is 43.7. The van der Waals surface area contributed by atoms with Gasteiger partial charge in [-0.15, -0.1) is 0 Å². The van der Waals surface area contributed by atoms with E-state index in [1.54, 1.807) is 0 Å². The van der Waals surface area contributed by atoms with Gasteiger partial charge in [-0.05, 0) is 0 Å². The highest BCUT2D eigenvalue weighted by molar-refractivity contribution is 4.89. The Bertz CT molecular complexity index is 98.2. The third-order valence-electron chi connectivity index (χ3n) is 1.59. The Balaban J connectivity index is 2.41. The standard InChI is InChI=1S/C5H11NO3/c7-2-3-5(9)4(8)1-6-3/h3-9H,1-2H2/t3-,4+,5+/m0/s1/i2+2. The molecular weight excluding hydrogens is 124 g/mol. The van der Waals surface area contributed by atoms with Crippen LogP contribution in [0.25, 0.3) is 0 Å². The molecule has 0 spiro atoms. The van der Waals surface area contributed by atoms with Crippen LogP contribution in [0.15, 0.2) is 0 Å². The summed E-state index contributed by atoms with van der Waals surface area (Å²) < 4.78 is 0. The molecule has 3 atom stereocenters. The quantitative estimate of drug-likeness (QED) is 0.325. The van der Waals surface area contributed by atoms with Gasteiger partial charge in [-0.2, -0.15) is 0 Å². The molecule has 0 unspecified atom stereocenters. The Morgan fingerprint density at radius 1 is 1.44 bits per heavy atom. The smallest absolute Gasteiger partial charge is 0.0986 e. The summed E-state index contributed by atoms with van der Waals surface area (Å²) in [5, 5.41) is 29.1. The van der Waals surface area contributed by atoms with Crippen LogP contribution in [0.5, 0.6) is 0 Å². The van der Waals surface area contributed by atoms with E-state index < -0.39 is 12.2 Å². The lowest BCUT2D eigenvalue weighted by molar-refractivity contribution is 0.0295. The van der Waals surface area contributed by atoms with E-state index in [-0.39, 0.29) is 12.6 Å². The summed E-state index contributed by atoms with van der Waals surface area (Å²) in [5.41, 5.74) is 0. The van der Waals surface area contributed by atoms with Gasteiger partial charge in [0, 0.05) is 6.54 Å². The lowest BCUT2D eigenvalue weighted by Gasteiger charge is -2.11. The zero-order chi connectivity index (χ0) is 6.85. The molecule has 1 rings (SSSR count). The molecule has 1 fully saturated rings. The van der Waals surface area contributed by atoms with E-state index in [2.05, 4.69) is 5.32 Å². The summed E-state index contributed by atoms with van der Waals surface area (Å²) in [6.45, 7) is 0.241. The van der Waals surface area contributed by atoms with Gasteiger partial charge >= 0.3 is 0 Å². The van der Waals surface area contributed by atoms with Gasteiger partial charge in [-0.25, -0.2) is 0 Å².